The molecule has 2 unspecified atom stereocenters. The number of thioether (sulfide) groups is 2. The van der Waals surface area contributed by atoms with Crippen LogP contribution in [0.2, 0.25) is 20.1 Å². The number of carbonyl (C=O) groups excluding carboxylic acids is 3. The second-order valence-corrected chi connectivity index (χ2v) is 23.1. The number of nitriles is 1. The number of aliphatic imine (C=N–C) groups is 2. The van der Waals surface area contributed by atoms with Gasteiger partial charge in [-0.3, -0.25) is 48.9 Å². The molecule has 4 N–H and O–H groups in total. The van der Waals surface area contributed by atoms with Crippen molar-refractivity contribution in [1.29, 1.82) is 5.26 Å². The number of alkyl halides is 2. The molecule has 92 heavy (non-hydrogen) atoms. The molecule has 0 fully saturated rings. The minimum Gasteiger partial charge on any atom is -0.494 e. The summed E-state index contributed by atoms with van der Waals surface area (Å²) in [4.78, 5) is 89.0. The Balaban J connectivity index is 0.000000369. The molecule has 0 spiro atoms. The average molecular weight is 1410 g/mol. The van der Waals surface area contributed by atoms with Gasteiger partial charge in [-0.25, -0.2) is 14.8 Å². The van der Waals surface area contributed by atoms with Crippen LogP contribution in [0.15, 0.2) is 153 Å². The Bertz CT molecular complexity index is 4020. The van der Waals surface area contributed by atoms with Gasteiger partial charge in [-0.15, -0.1) is 23.2 Å². The maximum absolute atomic E-state index is 13.9. The third-order valence-electron chi connectivity index (χ3n) is 13.4. The van der Waals surface area contributed by atoms with Gasteiger partial charge in [0.2, 0.25) is 11.8 Å². The Hall–Kier alpha value is -7.52. The first-order valence-electron chi connectivity index (χ1n) is 27.8. The summed E-state index contributed by atoms with van der Waals surface area (Å²) >= 11 is 36.7. The number of halogens is 6. The van der Waals surface area contributed by atoms with E-state index in [1.165, 1.54) is 32.7 Å². The third kappa shape index (κ3) is 21.0. The van der Waals surface area contributed by atoms with Gasteiger partial charge in [0.1, 0.15) is 23.1 Å². The summed E-state index contributed by atoms with van der Waals surface area (Å²) in [5.41, 5.74) is 8.28. The lowest BCUT2D eigenvalue weighted by Crippen LogP contribution is -2.40. The maximum atomic E-state index is 13.9. The number of nitrogens with two attached hydrogens (primary N) is 1. The summed E-state index contributed by atoms with van der Waals surface area (Å²) in [6.07, 6.45) is 5.47. The van der Waals surface area contributed by atoms with Gasteiger partial charge in [0, 0.05) is 13.1 Å². The van der Waals surface area contributed by atoms with Crippen LogP contribution in [0.25, 0.3) is 33.2 Å². The Morgan fingerprint density at radius 3 is 1.35 bits per heavy atom. The zero-order valence-electron chi connectivity index (χ0n) is 49.8. The van der Waals surface area contributed by atoms with E-state index in [1.54, 1.807) is 144 Å². The van der Waals surface area contributed by atoms with Gasteiger partial charge in [0.25, 0.3) is 11.1 Å². The van der Waals surface area contributed by atoms with Crippen LogP contribution in [-0.4, -0.2) is 114 Å². The minimum absolute atomic E-state index is 0. The molecule has 27 heteroatoms. The summed E-state index contributed by atoms with van der Waals surface area (Å²) in [6, 6.07) is 36.5. The Labute approximate surface area is 574 Å². The molecule has 0 aliphatic heterocycles. The van der Waals surface area contributed by atoms with Gasteiger partial charge in [0.05, 0.1) is 110 Å². The highest BCUT2D eigenvalue weighted by atomic mass is 35.5. The maximum Gasteiger partial charge on any atom is 0.318 e. The van der Waals surface area contributed by atoms with Crippen LogP contribution in [-0.2, 0) is 22.4 Å². The number of hydrogen-bond acceptors (Lipinski definition) is 14. The van der Waals surface area contributed by atoms with Crippen LogP contribution in [0.3, 0.4) is 0 Å². The highest BCUT2D eigenvalue weighted by Crippen LogP contribution is 2.30. The summed E-state index contributed by atoms with van der Waals surface area (Å²) < 4.78 is 14.2. The molecule has 2 aromatic heterocycles. The Morgan fingerprint density at radius 1 is 0.620 bits per heavy atom. The zero-order valence-corrected chi connectivity index (χ0v) is 55.9. The van der Waals surface area contributed by atoms with Crippen LogP contribution in [0.4, 0.5) is 4.79 Å². The molecule has 0 bridgehead atoms. The molecular weight excluding hydrogens is 1340 g/mol. The van der Waals surface area contributed by atoms with E-state index >= 15 is 0 Å². The number of fused-ring (bicyclic) bond motifs is 2. The number of benzene rings is 6. The van der Waals surface area contributed by atoms with Crippen molar-refractivity contribution in [3.8, 4) is 29.1 Å². The summed E-state index contributed by atoms with van der Waals surface area (Å²) in [7, 11) is 0. The lowest BCUT2D eigenvalue weighted by atomic mass is 10.1. The molecule has 0 aliphatic carbocycles. The molecule has 488 valence electrons. The van der Waals surface area contributed by atoms with E-state index in [4.69, 9.17) is 100 Å². The van der Waals surface area contributed by atoms with Crippen molar-refractivity contribution >= 4 is 143 Å². The molecule has 6 aromatic carbocycles. The molecule has 8 aromatic rings. The number of amidine groups is 2. The predicted octanol–water partition coefficient (Wildman–Crippen LogP) is 14.3. The number of amides is 4. The van der Waals surface area contributed by atoms with Gasteiger partial charge in [-0.05, 0) is 148 Å². The first-order chi connectivity index (χ1) is 43.3. The van der Waals surface area contributed by atoms with E-state index in [9.17, 15) is 24.0 Å². The van der Waals surface area contributed by atoms with Gasteiger partial charge >= 0.3 is 6.03 Å². The number of para-hydroxylation sites is 2. The standard InChI is InChI=1S/C31H32Cl2N6O4S.C31H30Cl2N6O3S.CH2Cl2.2CH4/c1-4-43-22-12-10-21(11-13-22)39-28(36-26-8-6-5-7-23(26)29(39)41)19(2)38(16-15-35-31(44-3)37-30(34)42)27(40)18-20-9-14-24(32)25(33)17-20;1-4-42-23-12-10-22(11-13-23)39-29(37-27-8-6-5-7-24(27)30(39)41)20(2)38(16-15-35-31(43-3)36-19-34)28(40)18-21-9-14-25(32)26(33)17-21;2-1-3;;/h5-14,17,19H,4,15-16,18H2,1-3H3,(H3,34,35,37,42);5-14,17,20H,4,15-16,18H2,1-3H3,(H,35,36);1H2;2*1H4. The monoisotopic (exact) mass is 1410 g/mol. The van der Waals surface area contributed by atoms with Crippen LogP contribution in [0.5, 0.6) is 11.5 Å². The zero-order chi connectivity index (χ0) is 65.4. The van der Waals surface area contributed by atoms with Crippen LogP contribution >= 0.6 is 93.1 Å². The topological polar surface area (TPSA) is 245 Å². The number of urea groups is 1. The van der Waals surface area contributed by atoms with Crippen molar-refractivity contribution in [2.45, 2.75) is 67.5 Å². The number of ether oxygens (including phenoxy) is 2. The Morgan fingerprint density at radius 2 is 1.00 bits per heavy atom. The molecule has 0 saturated carbocycles. The number of hydrogen-bond donors (Lipinski definition) is 3. The molecule has 2 atom stereocenters. The molecule has 2 heterocycles. The fraction of sp³-hybridized carbons (Fsp3) is 0.292. The average Bonchev–Trinajstić information content (AvgIpc) is 0.782. The predicted molar refractivity (Wildman–Crippen MR) is 381 cm³/mol. The fourth-order valence-electron chi connectivity index (χ4n) is 9.26. The number of nitrogens with one attached hydrogen (secondary N) is 2. The molecule has 0 saturated heterocycles. The second-order valence-electron chi connectivity index (χ2n) is 19.1. The van der Waals surface area contributed by atoms with E-state index < -0.39 is 18.1 Å². The smallest absolute Gasteiger partial charge is 0.318 e. The first-order valence-corrected chi connectivity index (χ1v) is 32.8. The van der Waals surface area contributed by atoms with Crippen LogP contribution in [0, 0.1) is 11.5 Å². The van der Waals surface area contributed by atoms with Crippen molar-refractivity contribution in [2.24, 2.45) is 15.7 Å². The summed E-state index contributed by atoms with van der Waals surface area (Å²) in [5, 5.41) is 17.3. The van der Waals surface area contributed by atoms with Crippen LogP contribution in [0.1, 0.15) is 77.4 Å². The van der Waals surface area contributed by atoms with Crippen molar-refractivity contribution < 1.29 is 23.9 Å². The van der Waals surface area contributed by atoms with Gasteiger partial charge in [-0.1, -0.05) is 121 Å². The molecule has 0 radical (unpaired) electrons. The van der Waals surface area contributed by atoms with E-state index in [-0.39, 0.29) is 82.1 Å². The van der Waals surface area contributed by atoms with Gasteiger partial charge in [-0.2, -0.15) is 5.26 Å². The highest BCUT2D eigenvalue weighted by molar-refractivity contribution is 8.13. The quantitative estimate of drug-likeness (QED) is 0.0212. The summed E-state index contributed by atoms with van der Waals surface area (Å²) in [6.45, 7) is 9.17. The number of rotatable bonds is 20. The van der Waals surface area contributed by atoms with Crippen molar-refractivity contribution in [3.05, 3.63) is 197 Å². The highest BCUT2D eigenvalue weighted by Gasteiger charge is 2.29. The molecule has 4 amide bonds. The van der Waals surface area contributed by atoms with E-state index in [0.29, 0.717) is 111 Å². The third-order valence-corrected chi connectivity index (χ3v) is 16.1. The molecule has 0 aliphatic rings. The van der Waals surface area contributed by atoms with Crippen molar-refractivity contribution in [3.63, 3.8) is 0 Å². The first kappa shape index (κ1) is 76.9. The van der Waals surface area contributed by atoms with E-state index in [0.717, 1.165) is 0 Å². The number of primary amides is 1. The van der Waals surface area contributed by atoms with E-state index in [1.807, 2.05) is 46.0 Å². The normalized spacial score (nSPS) is 11.6. The number of aromatic nitrogens is 4. The van der Waals surface area contributed by atoms with Crippen molar-refractivity contribution in [2.75, 3.05) is 57.2 Å². The summed E-state index contributed by atoms with van der Waals surface area (Å²) in [5.74, 6) is 1.62. The number of nitrogens with zero attached hydrogens (tertiary/aromatic N) is 9. The SMILES string of the molecule is C.C.CCOc1ccc(-n2c(C(C)N(CCN=C(NC#N)SC)C(=O)Cc3ccc(Cl)c(Cl)c3)nc3ccccc3c2=O)cc1.CCOc1ccc(-n2c(C(C)N(CCN=C(NC(N)=O)SC)C(=O)Cc3ccc(Cl)c(Cl)c3)nc3ccccc3c2=O)cc1.ClCCl. The second kappa shape index (κ2) is 38.5. The largest absolute Gasteiger partial charge is 0.494 e. The molecule has 8 rings (SSSR count). The van der Waals surface area contributed by atoms with Gasteiger partial charge < -0.3 is 25.0 Å². The van der Waals surface area contributed by atoms with E-state index in [2.05, 4.69) is 20.6 Å². The lowest BCUT2D eigenvalue weighted by molar-refractivity contribution is -0.133. The van der Waals surface area contributed by atoms with Crippen molar-refractivity contribution in [1.82, 2.24) is 39.5 Å². The lowest BCUT2D eigenvalue weighted by Gasteiger charge is -2.30. The number of carbonyl (C=O) groups is 3. The van der Waals surface area contributed by atoms with Crippen LogP contribution < -0.4 is 37.0 Å². The van der Waals surface area contributed by atoms with Gasteiger partial charge in [0.15, 0.2) is 16.5 Å². The Kier molecular flexibility index (Phi) is 32.2. The fourth-order valence-corrected chi connectivity index (χ4v) is 10.7. The molecule has 19 nitrogen and oxygen atoms in total. The molecular formula is C65H72Cl6N12O7S2. The minimum atomic E-state index is -0.737.